The predicted molar refractivity (Wildman–Crippen MR) is 231 cm³/mol. The number of piperazine rings is 1. The van der Waals surface area contributed by atoms with Gasteiger partial charge in [-0.2, -0.15) is 8.42 Å². The number of alkyl carbamates (subject to hydrolysis) is 1. The van der Waals surface area contributed by atoms with Crippen LogP contribution in [0, 0.1) is 17.9 Å². The topological polar surface area (TPSA) is 211 Å². The van der Waals surface area contributed by atoms with E-state index in [4.69, 9.17) is 9.29 Å². The second-order valence-electron chi connectivity index (χ2n) is 16.0. The minimum absolute atomic E-state index is 0.171. The zero-order valence-corrected chi connectivity index (χ0v) is 37.1. The van der Waals surface area contributed by atoms with Crippen molar-refractivity contribution in [3.05, 3.63) is 71.4 Å². The number of ether oxygens (including phenoxy) is 2. The molecule has 0 radical (unpaired) electrons. The van der Waals surface area contributed by atoms with Crippen LogP contribution in [-0.4, -0.2) is 129 Å². The van der Waals surface area contributed by atoms with E-state index in [1.165, 1.54) is 28.3 Å². The highest BCUT2D eigenvalue weighted by atomic mass is 127. The van der Waals surface area contributed by atoms with Crippen molar-refractivity contribution in [3.63, 3.8) is 0 Å². The van der Waals surface area contributed by atoms with E-state index >= 15 is 0 Å². The number of carbonyl (C=O) groups excluding carboxylic acids is 4. The molecule has 2 aromatic carbocycles. The number of carbonyl (C=O) groups is 4. The Hall–Kier alpha value is -4.26. The minimum atomic E-state index is -3.67. The number of hydrogen-bond acceptors (Lipinski definition) is 10. The second-order valence-corrected chi connectivity index (χ2v) is 18.2. The molecule has 5 N–H and O–H groups in total. The number of likely N-dealkylation sites (tertiary alicyclic amines) is 1. The summed E-state index contributed by atoms with van der Waals surface area (Å²) in [6.07, 6.45) is 9.70. The summed E-state index contributed by atoms with van der Waals surface area (Å²) in [7, 11) is -1.61. The van der Waals surface area contributed by atoms with Gasteiger partial charge in [-0.15, -0.1) is 0 Å². The monoisotopic (exact) mass is 960 g/mol. The first kappa shape index (κ1) is 45.3. The van der Waals surface area contributed by atoms with Gasteiger partial charge < -0.3 is 35.3 Å². The Morgan fingerprint density at radius 1 is 1.15 bits per heavy atom. The van der Waals surface area contributed by atoms with Gasteiger partial charge in [-0.1, -0.05) is 78.4 Å². The Morgan fingerprint density at radius 3 is 2.58 bits per heavy atom. The first-order valence-corrected chi connectivity index (χ1v) is 23.5. The molecule has 3 aromatic rings. The average Bonchev–Trinajstić information content (AvgIpc) is 3.91. The summed E-state index contributed by atoms with van der Waals surface area (Å²) < 4.78 is 37.3. The molecule has 4 saturated heterocycles. The largest absolute Gasteiger partial charge is 0.421 e. The molecule has 18 heteroatoms. The lowest BCUT2D eigenvalue weighted by Crippen LogP contribution is -2.71. The molecule has 8 rings (SSSR count). The van der Waals surface area contributed by atoms with Crippen LogP contribution in [-0.2, 0) is 46.8 Å². The number of nitrogens with zero attached hydrogens (tertiary/aromatic N) is 3. The maximum atomic E-state index is 14.2. The molecule has 1 aromatic heterocycles. The number of benzene rings is 2. The summed E-state index contributed by atoms with van der Waals surface area (Å²) in [4.78, 5) is 61.2. The van der Waals surface area contributed by atoms with Gasteiger partial charge in [0, 0.05) is 55.1 Å². The van der Waals surface area contributed by atoms with Crippen molar-refractivity contribution < 1.29 is 46.7 Å². The number of amides is 4. The van der Waals surface area contributed by atoms with E-state index in [9.17, 15) is 32.7 Å². The molecule has 0 bridgehead atoms. The molecule has 0 unspecified atom stereocenters. The smallest absolute Gasteiger partial charge is 0.361 e. The molecule has 16 nitrogen and oxygen atoms in total. The van der Waals surface area contributed by atoms with Crippen molar-refractivity contribution in [3.8, 4) is 12.0 Å². The average molecular weight is 961 g/mol. The van der Waals surface area contributed by atoms with E-state index in [2.05, 4.69) is 98.2 Å². The van der Waals surface area contributed by atoms with Gasteiger partial charge >= 0.3 is 6.09 Å². The van der Waals surface area contributed by atoms with Gasteiger partial charge in [-0.05, 0) is 74.8 Å². The predicted octanol–water partition coefficient (Wildman–Crippen LogP) is 3.49. The molecule has 5 heterocycles. The van der Waals surface area contributed by atoms with Crippen LogP contribution in [0.5, 0.6) is 0 Å². The third-order valence-electron chi connectivity index (χ3n) is 11.7. The van der Waals surface area contributed by atoms with Crippen LogP contribution >= 0.6 is 22.6 Å². The molecule has 0 saturated carbocycles. The van der Waals surface area contributed by atoms with Crippen molar-refractivity contribution in [2.24, 2.45) is 5.92 Å². The zero-order chi connectivity index (χ0) is 43.4. The molecule has 324 valence electrons. The Kier molecular flexibility index (Phi) is 14.2. The first-order valence-electron chi connectivity index (χ1n) is 20.1. The number of aromatic nitrogens is 1. The van der Waals surface area contributed by atoms with Gasteiger partial charge in [0.1, 0.15) is 18.2 Å². The Bertz CT molecular complexity index is 2240. The summed E-state index contributed by atoms with van der Waals surface area (Å²) in [5.41, 5.74) is 2.74. The number of nitrogens with one attached hydrogen (secondary N) is 3. The van der Waals surface area contributed by atoms with Gasteiger partial charge in [0.15, 0.2) is 0 Å². The quantitative estimate of drug-likeness (QED) is 0.0761. The van der Waals surface area contributed by atoms with E-state index < -0.39 is 45.8 Å². The highest BCUT2D eigenvalue weighted by molar-refractivity contribution is 14.1. The highest BCUT2D eigenvalue weighted by Crippen LogP contribution is 2.47. The summed E-state index contributed by atoms with van der Waals surface area (Å²) in [6, 6.07) is 14.4. The third-order valence-corrected chi connectivity index (χ3v) is 12.1. The van der Waals surface area contributed by atoms with Gasteiger partial charge in [-0.25, -0.2) is 4.79 Å². The van der Waals surface area contributed by atoms with Crippen LogP contribution in [0.25, 0.3) is 10.9 Å². The molecule has 5 aliphatic rings. The minimum Gasteiger partial charge on any atom is -0.361 e. The number of piperidine rings is 1. The number of H-pyrrole nitrogens is 1. The Balaban J connectivity index is 0.000000301. The van der Waals surface area contributed by atoms with Crippen molar-refractivity contribution in [2.45, 2.75) is 94.5 Å². The number of hydrogen-bond donors (Lipinski definition) is 5. The van der Waals surface area contributed by atoms with Crippen LogP contribution in [0.2, 0.25) is 0 Å². The maximum Gasteiger partial charge on any atom is 0.421 e. The SMILES string of the molecule is CCCCNC(=O)OC#CCI.CN1C[C@H](C(=O)N[C@]2(C)O[C@@]3(O)[C@@H]4CCCN4C(=O)[C@H](Cc4ccccc4)N3C2=O)C[C@@H]2c3cccc4[nH]cc(c34)C[C@H]21.CS(=O)(=O)O. The second kappa shape index (κ2) is 18.8. The van der Waals surface area contributed by atoms with Crippen molar-refractivity contribution >= 4 is 67.4 Å². The molecule has 4 amide bonds. The van der Waals surface area contributed by atoms with Gasteiger partial charge in [-0.3, -0.25) is 28.6 Å². The molecule has 7 atom stereocenters. The van der Waals surface area contributed by atoms with E-state index in [1.807, 2.05) is 30.3 Å². The van der Waals surface area contributed by atoms with Crippen molar-refractivity contribution in [1.82, 2.24) is 30.3 Å². The fraction of sp³-hybridized carbons (Fsp3) is 0.524. The summed E-state index contributed by atoms with van der Waals surface area (Å²) in [5, 5.41) is 18.8. The molecule has 1 aliphatic carbocycles. The Morgan fingerprint density at radius 2 is 1.88 bits per heavy atom. The van der Waals surface area contributed by atoms with Crippen LogP contribution < -0.4 is 10.6 Å². The molecular weight excluding hydrogens is 907 g/mol. The molecular formula is C42H53IN6O10S. The lowest BCUT2D eigenvalue weighted by molar-refractivity contribution is -0.315. The fourth-order valence-corrected chi connectivity index (χ4v) is 9.32. The maximum absolute atomic E-state index is 14.2. The number of aromatic amines is 1. The van der Waals surface area contributed by atoms with Crippen LogP contribution in [0.4, 0.5) is 4.79 Å². The number of alkyl halides is 1. The lowest BCUT2D eigenvalue weighted by atomic mass is 9.72. The summed E-state index contributed by atoms with van der Waals surface area (Å²) in [6.45, 7) is 5.27. The number of unbranched alkanes of at least 4 members (excludes halogenated alkanes) is 1. The van der Waals surface area contributed by atoms with Gasteiger partial charge in [0.2, 0.25) is 17.5 Å². The number of fused-ring (bicyclic) bond motifs is 5. The molecule has 60 heavy (non-hydrogen) atoms. The van der Waals surface area contributed by atoms with Crippen LogP contribution in [0.1, 0.15) is 68.6 Å². The number of likely N-dealkylation sites (N-methyl/N-ethyl adjacent to an activating group) is 1. The Labute approximate surface area is 364 Å². The lowest BCUT2D eigenvalue weighted by Gasteiger charge is -2.48. The number of rotatable bonds is 7. The van der Waals surface area contributed by atoms with Crippen molar-refractivity contribution in [2.75, 3.05) is 37.4 Å². The van der Waals surface area contributed by atoms with Crippen molar-refractivity contribution in [1.29, 1.82) is 0 Å². The van der Waals surface area contributed by atoms with E-state index in [1.54, 1.807) is 4.90 Å². The fourth-order valence-electron chi connectivity index (χ4n) is 9.16. The van der Waals surface area contributed by atoms with E-state index in [0.29, 0.717) is 49.6 Å². The summed E-state index contributed by atoms with van der Waals surface area (Å²) in [5.74, 6) is -0.688. The van der Waals surface area contributed by atoms with E-state index in [-0.39, 0.29) is 36.1 Å². The van der Waals surface area contributed by atoms with E-state index in [0.717, 1.165) is 30.3 Å². The van der Waals surface area contributed by atoms with Gasteiger partial charge in [0.25, 0.3) is 21.9 Å². The molecule has 0 spiro atoms. The zero-order valence-electron chi connectivity index (χ0n) is 34.1. The number of halogens is 1. The standard InChI is InChI=1S/C33H37N5O5.C8H12INO2.CH4O3S/c1-32(35-29(39)21-15-23-22-10-6-11-24-28(22)20(17-34-24)16-25(23)36(2)18-21)31(41)38-26(14-19-8-4-3-5-9-19)30(40)37-13-7-12-27(37)33(38,42)43-32;1-2-3-6-10-8(11)12-7-4-5-9;1-5(2,3)4/h3-6,8-11,17,21,23,25-27,34,42H,7,12-16,18H2,1-2H3,(H,35,39);2-3,5-6H2,1H3,(H,10,11);1H3,(H,2,3,4)/t21-,23-,25-,26+,27+,32-,33+;;/m1../s1. The molecule has 4 aliphatic heterocycles. The van der Waals surface area contributed by atoms with Crippen LogP contribution in [0.15, 0.2) is 54.7 Å². The highest BCUT2D eigenvalue weighted by Gasteiger charge is 2.70. The summed E-state index contributed by atoms with van der Waals surface area (Å²) >= 11 is 2.08. The third kappa shape index (κ3) is 9.76. The normalized spacial score (nSPS) is 27.8. The number of aliphatic hydroxyl groups is 1. The first-order chi connectivity index (χ1) is 28.5. The van der Waals surface area contributed by atoms with Gasteiger partial charge in [0.05, 0.1) is 16.6 Å². The molecule has 4 fully saturated rings. The van der Waals surface area contributed by atoms with Crippen LogP contribution in [0.3, 0.4) is 0 Å².